The fourth-order valence-corrected chi connectivity index (χ4v) is 11.3. The Kier molecular flexibility index (Phi) is 16.3. The van der Waals surface area contributed by atoms with Crippen LogP contribution < -0.4 is 9.47 Å². The number of amides is 1. The second-order valence-corrected chi connectivity index (χ2v) is 20.4. The third kappa shape index (κ3) is 11.3. The predicted molar refractivity (Wildman–Crippen MR) is 273 cm³/mol. The van der Waals surface area contributed by atoms with Gasteiger partial charge < -0.3 is 34.2 Å². The number of thioether (sulfide) groups is 1. The van der Waals surface area contributed by atoms with Crippen LogP contribution in [0.2, 0.25) is 0 Å². The molecule has 5 aromatic rings. The van der Waals surface area contributed by atoms with E-state index in [1.807, 2.05) is 74.2 Å². The number of fused-ring (bicyclic) bond motifs is 3. The molecule has 10 nitrogen and oxygen atoms in total. The summed E-state index contributed by atoms with van der Waals surface area (Å²) in [7, 11) is 0. The van der Waals surface area contributed by atoms with Gasteiger partial charge in [-0.1, -0.05) is 90.8 Å². The predicted octanol–water partition coefficient (Wildman–Crippen LogP) is 11.7. The number of benzene rings is 5. The number of unbranched alkanes of at least 4 members (excludes halogenated alkanes) is 2. The Labute approximate surface area is 411 Å². The smallest absolute Gasteiger partial charge is 0.254 e. The van der Waals surface area contributed by atoms with Crippen LogP contribution in [0.5, 0.6) is 11.5 Å². The van der Waals surface area contributed by atoms with Crippen molar-refractivity contribution in [2.24, 2.45) is 22.9 Å². The van der Waals surface area contributed by atoms with Crippen molar-refractivity contribution < 1.29 is 34.1 Å². The van der Waals surface area contributed by atoms with Gasteiger partial charge in [0.1, 0.15) is 23.1 Å². The monoisotopic (exact) mass is 947 g/mol. The average molecular weight is 948 g/mol. The molecule has 3 aliphatic rings. The molecule has 0 saturated heterocycles. The molecule has 1 saturated carbocycles. The van der Waals surface area contributed by atoms with Crippen LogP contribution in [0.25, 0.3) is 10.8 Å². The zero-order valence-electron chi connectivity index (χ0n) is 40.1. The Morgan fingerprint density at radius 1 is 0.942 bits per heavy atom. The maximum absolute atomic E-state index is 15.7. The number of nitrogens with zero attached hydrogens (tertiary/aromatic N) is 3. The number of rotatable bonds is 21. The molecule has 360 valence electrons. The molecule has 2 N–H and O–H groups in total. The first-order chi connectivity index (χ1) is 33.6. The molecular weight excluding hydrogens is 883 g/mol. The van der Waals surface area contributed by atoms with Crippen LogP contribution in [0.15, 0.2) is 150 Å². The van der Waals surface area contributed by atoms with Crippen molar-refractivity contribution in [3.63, 3.8) is 0 Å². The van der Waals surface area contributed by atoms with E-state index in [0.717, 1.165) is 70.4 Å². The van der Waals surface area contributed by atoms with Gasteiger partial charge in [-0.15, -0.1) is 18.3 Å². The molecule has 1 aliphatic heterocycles. The Morgan fingerprint density at radius 2 is 1.68 bits per heavy atom. The first kappa shape index (κ1) is 49.5. The van der Waals surface area contributed by atoms with E-state index in [4.69, 9.17) is 24.2 Å². The number of oxime groups is 1. The maximum Gasteiger partial charge on any atom is 0.254 e. The SMILES string of the molecule is C=CCOC12Oc3ccc(OCCSc4ccccc4)cc3C3C(CCCCO)C(CCCCO)C=C(C(=NOC(C)(C)C)CC1N(Cc1cccc4ccccc14)C(=O)c1ccc(C#N)cc1)C32. The molecule has 11 heteroatoms. The standard InChI is InChI=1S/C58H65N3O7S/c1-5-32-66-58-53(61(56(64)42-26-24-40(38-59)25-27-42)39-44-19-15-18-41-16-9-10-22-47(41)44)37-51(60-68-57(2,3)4)49-35-43(17-11-13-30-62)48(23-12-14-31-63)54(55(49)58)50-36-45(28-29-52(50)67-58)65-33-34-69-46-20-7-6-8-21-46/h5-10,15-16,18-22,24-29,35-36,43,48,53-55,62-63H,1,11-14,17,23,30-34,37,39H2,2-4H3. The molecule has 0 radical (unpaired) electrons. The maximum atomic E-state index is 15.7. The Morgan fingerprint density at radius 3 is 2.42 bits per heavy atom. The molecule has 1 amide bonds. The van der Waals surface area contributed by atoms with Crippen molar-refractivity contribution in [2.45, 2.75) is 101 Å². The van der Waals surface area contributed by atoms with Crippen molar-refractivity contribution in [3.8, 4) is 17.6 Å². The van der Waals surface area contributed by atoms with Gasteiger partial charge in [-0.2, -0.15) is 5.26 Å². The van der Waals surface area contributed by atoms with E-state index in [1.54, 1.807) is 42.1 Å². The molecule has 2 aliphatic carbocycles. The van der Waals surface area contributed by atoms with E-state index in [9.17, 15) is 15.5 Å². The highest BCUT2D eigenvalue weighted by Gasteiger charge is 2.65. The summed E-state index contributed by atoms with van der Waals surface area (Å²) in [5, 5.41) is 37.0. The number of carbonyl (C=O) groups excluding carboxylic acids is 1. The number of nitriles is 1. The van der Waals surface area contributed by atoms with E-state index in [2.05, 4.69) is 61.2 Å². The first-order valence-corrected chi connectivity index (χ1v) is 25.4. The Hall–Kier alpha value is -5.90. The van der Waals surface area contributed by atoms with Crippen molar-refractivity contribution in [3.05, 3.63) is 162 Å². The summed E-state index contributed by atoms with van der Waals surface area (Å²) in [6, 6.07) is 39.0. The summed E-state index contributed by atoms with van der Waals surface area (Å²) in [4.78, 5) is 25.1. The van der Waals surface area contributed by atoms with Crippen molar-refractivity contribution in [1.29, 1.82) is 5.26 Å². The van der Waals surface area contributed by atoms with Crippen LogP contribution in [0.4, 0.5) is 0 Å². The Balaban J connectivity index is 1.34. The third-order valence-corrected chi connectivity index (χ3v) is 14.5. The number of aliphatic hydroxyl groups excluding tert-OH is 2. The van der Waals surface area contributed by atoms with Gasteiger partial charge in [-0.3, -0.25) is 4.79 Å². The number of carbonyl (C=O) groups is 1. The molecule has 6 unspecified atom stereocenters. The summed E-state index contributed by atoms with van der Waals surface area (Å²) in [6.45, 7) is 11.1. The number of hydrogen-bond acceptors (Lipinski definition) is 10. The molecule has 5 aromatic carbocycles. The lowest BCUT2D eigenvalue weighted by Gasteiger charge is -2.60. The quantitative estimate of drug-likeness (QED) is 0.0319. The summed E-state index contributed by atoms with van der Waals surface area (Å²) >= 11 is 1.75. The van der Waals surface area contributed by atoms with Gasteiger partial charge in [-0.25, -0.2) is 0 Å². The fourth-order valence-electron chi connectivity index (χ4n) is 10.6. The summed E-state index contributed by atoms with van der Waals surface area (Å²) in [5.74, 6) is -0.150. The largest absolute Gasteiger partial charge is 0.493 e. The minimum absolute atomic E-state index is 0.0477. The number of aliphatic hydroxyl groups is 2. The summed E-state index contributed by atoms with van der Waals surface area (Å²) in [5.41, 5.74) is 3.88. The van der Waals surface area contributed by atoms with E-state index >= 15 is 4.79 Å². The Bertz CT molecular complexity index is 2650. The van der Waals surface area contributed by atoms with E-state index in [0.29, 0.717) is 36.3 Å². The number of hydrogen-bond donors (Lipinski definition) is 2. The van der Waals surface area contributed by atoms with E-state index < -0.39 is 23.3 Å². The van der Waals surface area contributed by atoms with Crippen LogP contribution in [0.3, 0.4) is 0 Å². The number of allylic oxidation sites excluding steroid dienone is 1. The molecule has 0 bridgehead atoms. The highest BCUT2D eigenvalue weighted by Crippen LogP contribution is 2.62. The van der Waals surface area contributed by atoms with Gasteiger partial charge in [0.2, 0.25) is 5.79 Å². The van der Waals surface area contributed by atoms with E-state index in [-0.39, 0.29) is 56.4 Å². The van der Waals surface area contributed by atoms with Gasteiger partial charge in [0.15, 0.2) is 0 Å². The zero-order chi connectivity index (χ0) is 48.4. The fraction of sp³-hybridized carbons (Fsp3) is 0.397. The molecule has 1 heterocycles. The lowest BCUT2D eigenvalue weighted by atomic mass is 9.55. The summed E-state index contributed by atoms with van der Waals surface area (Å²) in [6.07, 6.45) is 8.95. The van der Waals surface area contributed by atoms with Crippen molar-refractivity contribution in [1.82, 2.24) is 4.90 Å². The minimum atomic E-state index is -1.47. The van der Waals surface area contributed by atoms with Crippen LogP contribution in [-0.4, -0.2) is 76.3 Å². The molecule has 6 atom stereocenters. The van der Waals surface area contributed by atoms with Gasteiger partial charge in [0, 0.05) is 53.9 Å². The minimum Gasteiger partial charge on any atom is -0.493 e. The first-order valence-electron chi connectivity index (χ1n) is 24.4. The zero-order valence-corrected chi connectivity index (χ0v) is 40.9. The molecule has 0 spiro atoms. The van der Waals surface area contributed by atoms with Crippen molar-refractivity contribution >= 4 is 34.2 Å². The molecular formula is C58H65N3O7S. The lowest BCUT2D eigenvalue weighted by Crippen LogP contribution is -2.70. The highest BCUT2D eigenvalue weighted by atomic mass is 32.2. The molecule has 1 fully saturated rings. The van der Waals surface area contributed by atoms with Gasteiger partial charge in [0.25, 0.3) is 5.91 Å². The molecule has 8 rings (SSSR count). The molecule has 0 aromatic heterocycles. The third-order valence-electron chi connectivity index (χ3n) is 13.6. The van der Waals surface area contributed by atoms with Gasteiger partial charge in [0.05, 0.1) is 36.5 Å². The van der Waals surface area contributed by atoms with Crippen LogP contribution >= 0.6 is 11.8 Å². The summed E-state index contributed by atoms with van der Waals surface area (Å²) < 4.78 is 21.4. The van der Waals surface area contributed by atoms with Crippen LogP contribution in [0, 0.1) is 29.1 Å². The average Bonchev–Trinajstić information content (AvgIpc) is 3.36. The van der Waals surface area contributed by atoms with Crippen molar-refractivity contribution in [2.75, 3.05) is 32.2 Å². The lowest BCUT2D eigenvalue weighted by molar-refractivity contribution is -0.255. The van der Waals surface area contributed by atoms with Gasteiger partial charge >= 0.3 is 0 Å². The molecule has 69 heavy (non-hydrogen) atoms. The topological polar surface area (TPSA) is 134 Å². The highest BCUT2D eigenvalue weighted by molar-refractivity contribution is 7.99. The van der Waals surface area contributed by atoms with Crippen LogP contribution in [0.1, 0.15) is 98.7 Å². The van der Waals surface area contributed by atoms with E-state index in [1.165, 1.54) is 4.90 Å². The second kappa shape index (κ2) is 22.7. The van der Waals surface area contributed by atoms with Gasteiger partial charge in [-0.05, 0) is 135 Å². The normalized spacial score (nSPS) is 22.1. The number of ether oxygens (including phenoxy) is 3. The van der Waals surface area contributed by atoms with Crippen LogP contribution in [-0.2, 0) is 16.1 Å². The second-order valence-electron chi connectivity index (χ2n) is 19.2.